The summed E-state index contributed by atoms with van der Waals surface area (Å²) in [5.74, 6) is 0. The quantitative estimate of drug-likeness (QED) is 0.681. The van der Waals surface area contributed by atoms with Crippen LogP contribution in [0.4, 0.5) is 10.5 Å². The Morgan fingerprint density at radius 2 is 2.00 bits per heavy atom. The summed E-state index contributed by atoms with van der Waals surface area (Å²) in [6, 6.07) is 7.90. The van der Waals surface area contributed by atoms with Crippen molar-refractivity contribution in [3.8, 4) is 0 Å². The van der Waals surface area contributed by atoms with Crippen LogP contribution in [-0.4, -0.2) is 24.8 Å². The van der Waals surface area contributed by atoms with Gasteiger partial charge in [-0.3, -0.25) is 0 Å². The molecule has 0 unspecified atom stereocenters. The number of hydrogen-bond acceptors (Lipinski definition) is 2. The third-order valence-corrected chi connectivity index (χ3v) is 1.93. The van der Waals surface area contributed by atoms with Gasteiger partial charge >= 0.3 is 6.09 Å². The number of nitrogens with one attached hydrogen (secondary N) is 2. The summed E-state index contributed by atoms with van der Waals surface area (Å²) < 4.78 is 0. The number of hydrogen-bond donors (Lipinski definition) is 3. The fourth-order valence-electron chi connectivity index (χ4n) is 1.15. The molecule has 0 aliphatic rings. The van der Waals surface area contributed by atoms with E-state index >= 15 is 0 Å². The summed E-state index contributed by atoms with van der Waals surface area (Å²) in [5, 5.41) is 13.7. The minimum absolute atomic E-state index is 0.453. The predicted octanol–water partition coefficient (Wildman–Crippen LogP) is 1.54. The molecule has 0 heterocycles. The van der Waals surface area contributed by atoms with E-state index in [0.29, 0.717) is 6.54 Å². The smallest absolute Gasteiger partial charge is 0.404 e. The van der Waals surface area contributed by atoms with Gasteiger partial charge in [0.25, 0.3) is 0 Å². The fraction of sp³-hybridized carbons (Fsp3) is 0.300. The normalized spacial score (nSPS) is 9.50. The summed E-state index contributed by atoms with van der Waals surface area (Å²) in [6.45, 7) is 0.453. The third-order valence-electron chi connectivity index (χ3n) is 1.93. The number of amides is 1. The number of carbonyl (C=O) groups is 1. The maximum absolute atomic E-state index is 10.2. The van der Waals surface area contributed by atoms with E-state index in [4.69, 9.17) is 5.11 Å². The Kier molecular flexibility index (Phi) is 3.79. The molecular formula is C10H14N2O2. The molecule has 4 heteroatoms. The highest BCUT2D eigenvalue weighted by molar-refractivity contribution is 5.64. The molecule has 0 saturated heterocycles. The van der Waals surface area contributed by atoms with Crippen LogP contribution in [0.5, 0.6) is 0 Å². The van der Waals surface area contributed by atoms with Crippen LogP contribution < -0.4 is 10.6 Å². The first-order valence-corrected chi connectivity index (χ1v) is 4.46. The van der Waals surface area contributed by atoms with Gasteiger partial charge in [-0.1, -0.05) is 12.1 Å². The second-order valence-corrected chi connectivity index (χ2v) is 2.93. The average Bonchev–Trinajstić information content (AvgIpc) is 2.18. The van der Waals surface area contributed by atoms with Gasteiger partial charge < -0.3 is 15.7 Å². The number of rotatable bonds is 4. The minimum atomic E-state index is -0.975. The fourth-order valence-corrected chi connectivity index (χ4v) is 1.15. The molecule has 0 atom stereocenters. The summed E-state index contributed by atoms with van der Waals surface area (Å²) >= 11 is 0. The summed E-state index contributed by atoms with van der Waals surface area (Å²) in [5.41, 5.74) is 2.18. The first-order valence-electron chi connectivity index (χ1n) is 4.46. The monoisotopic (exact) mass is 194 g/mol. The first-order chi connectivity index (χ1) is 6.72. The van der Waals surface area contributed by atoms with Gasteiger partial charge in [-0.2, -0.15) is 0 Å². The van der Waals surface area contributed by atoms with Crippen molar-refractivity contribution in [1.29, 1.82) is 0 Å². The molecule has 1 amide bonds. The number of carboxylic acid groups (broad SMARTS) is 1. The molecule has 0 saturated carbocycles. The van der Waals surface area contributed by atoms with Crippen molar-refractivity contribution in [2.24, 2.45) is 0 Å². The molecule has 1 aromatic rings. The van der Waals surface area contributed by atoms with Gasteiger partial charge in [0, 0.05) is 19.3 Å². The van der Waals surface area contributed by atoms with E-state index in [1.165, 1.54) is 0 Å². The lowest BCUT2D eigenvalue weighted by atomic mass is 10.1. The Morgan fingerprint density at radius 1 is 1.36 bits per heavy atom. The van der Waals surface area contributed by atoms with E-state index in [1.54, 1.807) is 0 Å². The lowest BCUT2D eigenvalue weighted by Crippen LogP contribution is -2.23. The number of benzene rings is 1. The molecule has 76 valence electrons. The van der Waals surface area contributed by atoms with Gasteiger partial charge in [0.2, 0.25) is 0 Å². The molecule has 0 aromatic heterocycles. The van der Waals surface area contributed by atoms with E-state index in [-0.39, 0.29) is 0 Å². The summed E-state index contributed by atoms with van der Waals surface area (Å²) in [4.78, 5) is 10.2. The molecule has 0 aliphatic heterocycles. The largest absolute Gasteiger partial charge is 0.465 e. The lowest BCUT2D eigenvalue weighted by molar-refractivity contribution is 0.194. The SMILES string of the molecule is CNc1ccc(CCNC(=O)O)cc1. The standard InChI is InChI=1S/C10H14N2O2/c1-11-9-4-2-8(3-5-9)6-7-12-10(13)14/h2-5,11-12H,6-7H2,1H3,(H,13,14). The third kappa shape index (κ3) is 3.35. The molecule has 1 rings (SSSR count). The van der Waals surface area contributed by atoms with Crippen LogP contribution in [0.25, 0.3) is 0 Å². The van der Waals surface area contributed by atoms with Gasteiger partial charge in [0.1, 0.15) is 0 Å². The van der Waals surface area contributed by atoms with Crippen molar-refractivity contribution in [2.75, 3.05) is 18.9 Å². The first kappa shape index (κ1) is 10.4. The van der Waals surface area contributed by atoms with Crippen LogP contribution in [0.2, 0.25) is 0 Å². The van der Waals surface area contributed by atoms with E-state index < -0.39 is 6.09 Å². The van der Waals surface area contributed by atoms with Crippen LogP contribution >= 0.6 is 0 Å². The van der Waals surface area contributed by atoms with Crippen molar-refractivity contribution in [2.45, 2.75) is 6.42 Å². The molecule has 0 fully saturated rings. The highest BCUT2D eigenvalue weighted by Gasteiger charge is 1.95. The summed E-state index contributed by atoms with van der Waals surface area (Å²) in [7, 11) is 1.86. The second-order valence-electron chi connectivity index (χ2n) is 2.93. The van der Waals surface area contributed by atoms with Gasteiger partial charge in [0.15, 0.2) is 0 Å². The van der Waals surface area contributed by atoms with Crippen LogP contribution in [0.15, 0.2) is 24.3 Å². The molecule has 4 nitrogen and oxygen atoms in total. The maximum atomic E-state index is 10.2. The van der Waals surface area contributed by atoms with E-state index in [1.807, 2.05) is 31.3 Å². The van der Waals surface area contributed by atoms with Gasteiger partial charge in [0.05, 0.1) is 0 Å². The second kappa shape index (κ2) is 5.11. The van der Waals surface area contributed by atoms with Crippen molar-refractivity contribution in [3.63, 3.8) is 0 Å². The van der Waals surface area contributed by atoms with E-state index in [2.05, 4.69) is 10.6 Å². The molecule has 14 heavy (non-hydrogen) atoms. The number of anilines is 1. The zero-order chi connectivity index (χ0) is 10.4. The van der Waals surface area contributed by atoms with E-state index in [0.717, 1.165) is 17.7 Å². The van der Waals surface area contributed by atoms with Crippen LogP contribution in [0.1, 0.15) is 5.56 Å². The molecule has 3 N–H and O–H groups in total. The van der Waals surface area contributed by atoms with Crippen LogP contribution in [0, 0.1) is 0 Å². The van der Waals surface area contributed by atoms with Crippen molar-refractivity contribution in [3.05, 3.63) is 29.8 Å². The zero-order valence-electron chi connectivity index (χ0n) is 8.08. The Morgan fingerprint density at radius 3 is 2.50 bits per heavy atom. The van der Waals surface area contributed by atoms with Gasteiger partial charge in [-0.05, 0) is 24.1 Å². The van der Waals surface area contributed by atoms with Gasteiger partial charge in [-0.15, -0.1) is 0 Å². The predicted molar refractivity (Wildman–Crippen MR) is 55.7 cm³/mol. The topological polar surface area (TPSA) is 61.4 Å². The van der Waals surface area contributed by atoms with Gasteiger partial charge in [-0.25, -0.2) is 4.79 Å². The molecule has 1 aromatic carbocycles. The molecule has 0 aliphatic carbocycles. The average molecular weight is 194 g/mol. The Bertz CT molecular complexity index is 295. The zero-order valence-corrected chi connectivity index (χ0v) is 8.08. The maximum Gasteiger partial charge on any atom is 0.404 e. The molecule has 0 radical (unpaired) electrons. The molecular weight excluding hydrogens is 180 g/mol. The molecule has 0 bridgehead atoms. The minimum Gasteiger partial charge on any atom is -0.465 e. The van der Waals surface area contributed by atoms with Crippen molar-refractivity contribution < 1.29 is 9.90 Å². The Balaban J connectivity index is 2.40. The highest BCUT2D eigenvalue weighted by atomic mass is 16.4. The molecule has 0 spiro atoms. The Labute approximate surface area is 82.9 Å². The lowest BCUT2D eigenvalue weighted by Gasteiger charge is -2.03. The van der Waals surface area contributed by atoms with Crippen LogP contribution in [-0.2, 0) is 6.42 Å². The van der Waals surface area contributed by atoms with Crippen molar-refractivity contribution in [1.82, 2.24) is 5.32 Å². The summed E-state index contributed by atoms with van der Waals surface area (Å²) in [6.07, 6.45) is -0.257. The highest BCUT2D eigenvalue weighted by Crippen LogP contribution is 2.08. The van der Waals surface area contributed by atoms with Crippen LogP contribution in [0.3, 0.4) is 0 Å². The van der Waals surface area contributed by atoms with Crippen molar-refractivity contribution >= 4 is 11.8 Å². The van der Waals surface area contributed by atoms with E-state index in [9.17, 15) is 4.79 Å². The Hall–Kier alpha value is -1.71.